The number of aliphatic hydroxyl groups is 1. The summed E-state index contributed by atoms with van der Waals surface area (Å²) in [6.07, 6.45) is 0.892. The molecule has 0 rings (SSSR count). The maximum atomic E-state index is 12.4. The van der Waals surface area contributed by atoms with Crippen LogP contribution in [0.4, 0.5) is 4.48 Å². The zero-order chi connectivity index (χ0) is 7.98. The molecule has 0 fully saturated rings. The van der Waals surface area contributed by atoms with Gasteiger partial charge in [-0.3, -0.25) is 0 Å². The molecule has 62 valence electrons. The van der Waals surface area contributed by atoms with E-state index < -0.39 is 0 Å². The van der Waals surface area contributed by atoms with Crippen molar-refractivity contribution < 1.29 is 9.59 Å². The van der Waals surface area contributed by atoms with Crippen molar-refractivity contribution in [3.8, 4) is 0 Å². The van der Waals surface area contributed by atoms with Crippen LogP contribution in [0, 0.1) is 0 Å². The third kappa shape index (κ3) is 4.70. The topological polar surface area (TPSA) is 23.5 Å². The van der Waals surface area contributed by atoms with Crippen molar-refractivity contribution in [2.45, 2.75) is 32.8 Å². The summed E-state index contributed by atoms with van der Waals surface area (Å²) in [5, 5.41) is 9.72. The Morgan fingerprint density at radius 2 is 2.10 bits per heavy atom. The summed E-state index contributed by atoms with van der Waals surface area (Å²) in [4.78, 5) is 0. The van der Waals surface area contributed by atoms with E-state index in [1.807, 2.05) is 6.92 Å². The fourth-order valence-electron chi connectivity index (χ4n) is 0.651. The normalized spacial score (nSPS) is 14.1. The lowest BCUT2D eigenvalue weighted by molar-refractivity contribution is 0.0146. The molecule has 3 heteroatoms. The van der Waals surface area contributed by atoms with Gasteiger partial charge in [0.25, 0.3) is 0 Å². The van der Waals surface area contributed by atoms with Gasteiger partial charge in [0.05, 0.1) is 6.10 Å². The van der Waals surface area contributed by atoms with Gasteiger partial charge in [-0.1, -0.05) is 6.92 Å². The van der Waals surface area contributed by atoms with Gasteiger partial charge in [-0.15, -0.1) is 9.60 Å². The van der Waals surface area contributed by atoms with Gasteiger partial charge in [0.1, 0.15) is 0 Å². The second-order valence-corrected chi connectivity index (χ2v) is 2.35. The minimum atomic E-state index is -0.343. The van der Waals surface area contributed by atoms with E-state index in [1.165, 1.54) is 0 Å². The summed E-state index contributed by atoms with van der Waals surface area (Å²) in [7, 11) is 0. The molecule has 0 spiro atoms. The molecule has 1 atom stereocenters. The van der Waals surface area contributed by atoms with Crippen LogP contribution in [0.3, 0.4) is 0 Å². The molecule has 0 amide bonds. The minimum absolute atomic E-state index is 0.339. The first kappa shape index (κ1) is 9.85. The molecule has 10 heavy (non-hydrogen) atoms. The predicted octanol–water partition coefficient (Wildman–Crippen LogP) is 1.35. The van der Waals surface area contributed by atoms with E-state index in [0.29, 0.717) is 31.1 Å². The van der Waals surface area contributed by atoms with Crippen molar-refractivity contribution in [2.75, 3.05) is 13.1 Å². The highest BCUT2D eigenvalue weighted by molar-refractivity contribution is 4.53. The molecule has 0 aromatic heterocycles. The molecule has 0 radical (unpaired) electrons. The molecule has 0 saturated carbocycles. The first-order valence-electron chi connectivity index (χ1n) is 3.79. The molecule has 2 nitrogen and oxygen atoms in total. The van der Waals surface area contributed by atoms with Crippen LogP contribution in [0.1, 0.15) is 26.7 Å². The molecule has 1 unspecified atom stereocenters. The van der Waals surface area contributed by atoms with E-state index in [-0.39, 0.29) is 6.10 Å². The van der Waals surface area contributed by atoms with Crippen LogP contribution in [-0.4, -0.2) is 29.4 Å². The Morgan fingerprint density at radius 3 is 2.50 bits per heavy atom. The molecule has 0 aromatic carbocycles. The zero-order valence-electron chi connectivity index (χ0n) is 6.68. The Balaban J connectivity index is 3.17. The van der Waals surface area contributed by atoms with Gasteiger partial charge < -0.3 is 5.11 Å². The molecule has 0 heterocycles. The van der Waals surface area contributed by atoms with E-state index in [0.717, 1.165) is 0 Å². The summed E-state index contributed by atoms with van der Waals surface area (Å²) >= 11 is 0. The Labute approximate surface area is 61.6 Å². The Bertz CT molecular complexity index is 70.0. The van der Waals surface area contributed by atoms with E-state index in [1.54, 1.807) is 6.92 Å². The van der Waals surface area contributed by atoms with Crippen LogP contribution in [-0.2, 0) is 0 Å². The second-order valence-electron chi connectivity index (χ2n) is 2.35. The number of halogens is 1. The van der Waals surface area contributed by atoms with Crippen molar-refractivity contribution in [3.05, 3.63) is 0 Å². The van der Waals surface area contributed by atoms with Crippen LogP contribution >= 0.6 is 0 Å². The summed E-state index contributed by atoms with van der Waals surface area (Å²) in [5.74, 6) is 0. The minimum Gasteiger partial charge on any atom is -0.393 e. The quantitative estimate of drug-likeness (QED) is 0.596. The van der Waals surface area contributed by atoms with E-state index in [4.69, 9.17) is 5.11 Å². The van der Waals surface area contributed by atoms with Crippen LogP contribution in [0.2, 0.25) is 0 Å². The van der Waals surface area contributed by atoms with Gasteiger partial charge in [-0.25, -0.2) is 0 Å². The molecule has 0 aromatic rings. The lowest BCUT2D eigenvalue weighted by Gasteiger charge is -2.11. The highest BCUT2D eigenvalue weighted by Gasteiger charge is 2.03. The largest absolute Gasteiger partial charge is 0.393 e. The highest BCUT2D eigenvalue weighted by Crippen LogP contribution is 1.99. The second kappa shape index (κ2) is 5.62. The van der Waals surface area contributed by atoms with Gasteiger partial charge in [0, 0.05) is 13.1 Å². The molecular weight excluding hydrogens is 133 g/mol. The summed E-state index contributed by atoms with van der Waals surface area (Å²) in [6, 6.07) is 0. The third-order valence-corrected chi connectivity index (χ3v) is 1.52. The van der Waals surface area contributed by atoms with Gasteiger partial charge in [0.15, 0.2) is 0 Å². The van der Waals surface area contributed by atoms with Gasteiger partial charge in [-0.05, 0) is 19.8 Å². The van der Waals surface area contributed by atoms with Gasteiger partial charge in [0.2, 0.25) is 0 Å². The monoisotopic (exact) mass is 149 g/mol. The number of nitrogens with zero attached hydrogens (tertiary/aromatic N) is 1. The van der Waals surface area contributed by atoms with Crippen LogP contribution < -0.4 is 0 Å². The van der Waals surface area contributed by atoms with Crippen LogP contribution in [0.5, 0.6) is 0 Å². The summed E-state index contributed by atoms with van der Waals surface area (Å²) < 4.78 is 12.4. The molecule has 0 saturated heterocycles. The van der Waals surface area contributed by atoms with Gasteiger partial charge >= 0.3 is 0 Å². The van der Waals surface area contributed by atoms with Crippen molar-refractivity contribution in [1.29, 1.82) is 0 Å². The van der Waals surface area contributed by atoms with E-state index in [9.17, 15) is 4.48 Å². The lowest BCUT2D eigenvalue weighted by Crippen LogP contribution is -2.19. The number of hydrogen-bond acceptors (Lipinski definition) is 2. The van der Waals surface area contributed by atoms with Crippen LogP contribution in [0.15, 0.2) is 0 Å². The standard InChI is InChI=1S/C7H16FNO/c1-3-7(10)5-6-9(8)4-2/h7,10H,3-6H2,1-2H3. The molecule has 0 aliphatic heterocycles. The fraction of sp³-hybridized carbons (Fsp3) is 1.00. The van der Waals surface area contributed by atoms with Crippen molar-refractivity contribution in [1.82, 2.24) is 5.12 Å². The van der Waals surface area contributed by atoms with Crippen molar-refractivity contribution in [3.63, 3.8) is 0 Å². The molecule has 0 aliphatic carbocycles. The lowest BCUT2D eigenvalue weighted by atomic mass is 10.2. The Hall–Kier alpha value is -0.150. The summed E-state index contributed by atoms with van der Waals surface area (Å²) in [5.41, 5.74) is 0. The highest BCUT2D eigenvalue weighted by atomic mass is 19.2. The van der Waals surface area contributed by atoms with Crippen molar-refractivity contribution in [2.24, 2.45) is 0 Å². The zero-order valence-corrected chi connectivity index (χ0v) is 6.68. The van der Waals surface area contributed by atoms with Crippen molar-refractivity contribution >= 4 is 0 Å². The predicted molar refractivity (Wildman–Crippen MR) is 39.3 cm³/mol. The Morgan fingerprint density at radius 1 is 1.50 bits per heavy atom. The smallest absolute Gasteiger partial charge is 0.0550 e. The first-order chi connectivity index (χ1) is 4.70. The maximum Gasteiger partial charge on any atom is 0.0550 e. The molecular formula is C7H16FNO. The fourth-order valence-corrected chi connectivity index (χ4v) is 0.651. The molecule has 0 bridgehead atoms. The summed E-state index contributed by atoms with van der Waals surface area (Å²) in [6.45, 7) is 4.37. The number of hydrogen-bond donors (Lipinski definition) is 1. The maximum absolute atomic E-state index is 12.4. The van der Waals surface area contributed by atoms with Crippen LogP contribution in [0.25, 0.3) is 0 Å². The van der Waals surface area contributed by atoms with E-state index >= 15 is 0 Å². The number of rotatable bonds is 5. The SMILES string of the molecule is CCC(O)CCN(F)CC. The molecule has 0 aliphatic rings. The molecule has 1 N–H and O–H groups in total. The number of aliphatic hydroxyl groups excluding tert-OH is 1. The average molecular weight is 149 g/mol. The average Bonchev–Trinajstić information content (AvgIpc) is 1.99. The first-order valence-corrected chi connectivity index (χ1v) is 3.79. The third-order valence-electron chi connectivity index (χ3n) is 1.52. The van der Waals surface area contributed by atoms with Gasteiger partial charge in [-0.2, -0.15) is 0 Å². The Kier molecular flexibility index (Phi) is 5.54. The van der Waals surface area contributed by atoms with E-state index in [2.05, 4.69) is 0 Å².